The number of nitrogens with zero attached hydrogens (tertiary/aromatic N) is 5. The minimum atomic E-state index is -0.738. The molecule has 3 aromatic rings. The Kier molecular flexibility index (Phi) is 4.97. The Morgan fingerprint density at radius 2 is 1.88 bits per heavy atom. The fourth-order valence-electron chi connectivity index (χ4n) is 2.00. The molecule has 128 valence electrons. The first-order chi connectivity index (χ1) is 11.9. The van der Waals surface area contributed by atoms with E-state index < -0.39 is 10.7 Å². The number of halogens is 3. The Morgan fingerprint density at radius 3 is 2.48 bits per heavy atom. The Hall–Kier alpha value is -2.11. The van der Waals surface area contributed by atoms with Crippen LogP contribution in [0.25, 0.3) is 5.69 Å². The molecule has 0 aliphatic heterocycles. The fraction of sp³-hybridized carbons (Fsp3) is 0. The summed E-state index contributed by atoms with van der Waals surface area (Å²) in [5, 5.41) is 26.2. The summed E-state index contributed by atoms with van der Waals surface area (Å²) in [6, 6.07) is 11.2. The maximum atomic E-state index is 11.3. The van der Waals surface area contributed by atoms with Crippen LogP contribution in [0, 0.1) is 13.7 Å². The average Bonchev–Trinajstić information content (AvgIpc) is 2.88. The molecule has 3 rings (SSSR count). The van der Waals surface area contributed by atoms with Crippen LogP contribution in [-0.2, 0) is 0 Å². The second-order valence-electron chi connectivity index (χ2n) is 4.77. The highest BCUT2D eigenvalue weighted by Gasteiger charge is 2.24. The van der Waals surface area contributed by atoms with Gasteiger partial charge in [0.2, 0.25) is 0 Å². The first kappa shape index (κ1) is 17.7. The summed E-state index contributed by atoms with van der Waals surface area (Å²) in [5.41, 5.74) is 0.275. The summed E-state index contributed by atoms with van der Waals surface area (Å²) in [6.45, 7) is 0. The van der Waals surface area contributed by atoms with Gasteiger partial charge in [-0.3, -0.25) is 0 Å². The SMILES string of the molecule is O=[N+]([O-])c1nn(-c2ccc(Cl)cc2)n(O)c1=Nc1ccc(I)cc1Cl. The molecule has 1 aromatic heterocycles. The lowest BCUT2D eigenvalue weighted by Gasteiger charge is -2.00. The molecule has 0 aliphatic rings. The second kappa shape index (κ2) is 7.02. The summed E-state index contributed by atoms with van der Waals surface area (Å²) in [6.07, 6.45) is 0. The van der Waals surface area contributed by atoms with Gasteiger partial charge in [0.25, 0.3) is 5.49 Å². The van der Waals surface area contributed by atoms with Crippen LogP contribution >= 0.6 is 45.8 Å². The number of hydrogen-bond acceptors (Lipinski definition) is 5. The Morgan fingerprint density at radius 1 is 1.20 bits per heavy atom. The van der Waals surface area contributed by atoms with Gasteiger partial charge >= 0.3 is 5.82 Å². The van der Waals surface area contributed by atoms with Crippen LogP contribution < -0.4 is 5.49 Å². The molecular formula is C14H8Cl2IN5O3. The van der Waals surface area contributed by atoms with Crippen molar-refractivity contribution < 1.29 is 10.1 Å². The van der Waals surface area contributed by atoms with Gasteiger partial charge in [0.15, 0.2) is 0 Å². The minimum Gasteiger partial charge on any atom is -0.409 e. The average molecular weight is 492 g/mol. The van der Waals surface area contributed by atoms with E-state index in [-0.39, 0.29) is 11.2 Å². The Labute approximate surface area is 164 Å². The van der Waals surface area contributed by atoms with Crippen LogP contribution in [0.1, 0.15) is 0 Å². The number of benzene rings is 2. The zero-order valence-corrected chi connectivity index (χ0v) is 15.8. The lowest BCUT2D eigenvalue weighted by Crippen LogP contribution is -2.22. The summed E-state index contributed by atoms with van der Waals surface area (Å²) in [4.78, 5) is 16.1. The van der Waals surface area contributed by atoms with Crippen molar-refractivity contribution >= 4 is 57.3 Å². The fourth-order valence-corrected chi connectivity index (χ4v) is 3.02. The molecule has 0 saturated carbocycles. The van der Waals surface area contributed by atoms with Gasteiger partial charge in [0.05, 0.1) is 15.8 Å². The largest absolute Gasteiger partial charge is 0.438 e. The van der Waals surface area contributed by atoms with Gasteiger partial charge < -0.3 is 15.3 Å². The molecule has 2 aromatic carbocycles. The molecule has 0 aliphatic carbocycles. The van der Waals surface area contributed by atoms with Crippen LogP contribution in [0.4, 0.5) is 11.5 Å². The molecule has 0 atom stereocenters. The third kappa shape index (κ3) is 3.62. The lowest BCUT2D eigenvalue weighted by atomic mass is 10.3. The van der Waals surface area contributed by atoms with E-state index in [4.69, 9.17) is 23.2 Å². The van der Waals surface area contributed by atoms with Gasteiger partial charge in [-0.15, -0.1) is 0 Å². The molecule has 0 saturated heterocycles. The van der Waals surface area contributed by atoms with Crippen LogP contribution in [0.3, 0.4) is 0 Å². The van der Waals surface area contributed by atoms with Crippen molar-refractivity contribution in [1.82, 2.24) is 14.7 Å². The van der Waals surface area contributed by atoms with Gasteiger partial charge in [-0.25, -0.2) is 4.99 Å². The molecule has 1 heterocycles. The Balaban J connectivity index is 2.24. The third-order valence-corrected chi connectivity index (χ3v) is 4.35. The van der Waals surface area contributed by atoms with Gasteiger partial charge in [0.1, 0.15) is 5.69 Å². The van der Waals surface area contributed by atoms with Crippen LogP contribution in [0.15, 0.2) is 47.5 Å². The minimum absolute atomic E-state index is 0.267. The van der Waals surface area contributed by atoms with E-state index in [2.05, 4.69) is 32.7 Å². The standard InChI is InChI=1S/C14H8Cl2IN5O3/c15-8-1-4-10(5-2-8)20-19-14(22(24)25)13(21(20)23)18-12-6-3-9(17)7-11(12)16/h1-7,23H. The van der Waals surface area contributed by atoms with E-state index in [0.717, 1.165) is 8.37 Å². The van der Waals surface area contributed by atoms with Gasteiger partial charge in [-0.1, -0.05) is 28.0 Å². The normalized spacial score (nSPS) is 11.7. The smallest absolute Gasteiger partial charge is 0.409 e. The van der Waals surface area contributed by atoms with E-state index in [9.17, 15) is 15.3 Å². The highest BCUT2D eigenvalue weighted by molar-refractivity contribution is 14.1. The number of aromatic nitrogens is 3. The van der Waals surface area contributed by atoms with Crippen LogP contribution in [-0.4, -0.2) is 24.9 Å². The quantitative estimate of drug-likeness (QED) is 0.259. The van der Waals surface area contributed by atoms with Crippen LogP contribution in [0.2, 0.25) is 10.0 Å². The van der Waals surface area contributed by atoms with Crippen molar-refractivity contribution in [3.8, 4) is 5.69 Å². The molecule has 8 nitrogen and oxygen atoms in total. The summed E-state index contributed by atoms with van der Waals surface area (Å²) >= 11 is 14.0. The zero-order chi connectivity index (χ0) is 18.1. The molecule has 0 radical (unpaired) electrons. The van der Waals surface area contributed by atoms with Crippen LogP contribution in [0.5, 0.6) is 0 Å². The van der Waals surface area contributed by atoms with Crippen molar-refractivity contribution in [1.29, 1.82) is 0 Å². The van der Waals surface area contributed by atoms with Gasteiger partial charge in [-0.2, -0.15) is 0 Å². The van der Waals surface area contributed by atoms with E-state index in [1.54, 1.807) is 42.5 Å². The van der Waals surface area contributed by atoms with Crippen molar-refractivity contribution in [2.24, 2.45) is 4.99 Å². The number of rotatable bonds is 3. The highest BCUT2D eigenvalue weighted by atomic mass is 127. The Bertz CT molecular complexity index is 1030. The summed E-state index contributed by atoms with van der Waals surface area (Å²) in [5.74, 6) is -0.618. The van der Waals surface area contributed by atoms with Crippen molar-refractivity contribution in [3.63, 3.8) is 0 Å². The second-order valence-corrected chi connectivity index (χ2v) is 6.86. The van der Waals surface area contributed by atoms with E-state index in [0.29, 0.717) is 20.6 Å². The number of hydrogen-bond donors (Lipinski definition) is 1. The maximum Gasteiger partial charge on any atom is 0.438 e. The molecule has 11 heteroatoms. The van der Waals surface area contributed by atoms with E-state index in [1.165, 1.54) is 0 Å². The molecular weight excluding hydrogens is 484 g/mol. The van der Waals surface area contributed by atoms with Gasteiger partial charge in [-0.05, 0) is 74.8 Å². The first-order valence-electron chi connectivity index (χ1n) is 6.68. The zero-order valence-electron chi connectivity index (χ0n) is 12.2. The highest BCUT2D eigenvalue weighted by Crippen LogP contribution is 2.26. The summed E-state index contributed by atoms with van der Waals surface area (Å²) in [7, 11) is 0. The molecule has 1 N–H and O–H groups in total. The molecule has 25 heavy (non-hydrogen) atoms. The molecule has 0 bridgehead atoms. The van der Waals surface area contributed by atoms with E-state index >= 15 is 0 Å². The topological polar surface area (TPSA) is 98.5 Å². The monoisotopic (exact) mass is 491 g/mol. The molecule has 0 unspecified atom stereocenters. The first-order valence-corrected chi connectivity index (χ1v) is 8.52. The third-order valence-electron chi connectivity index (χ3n) is 3.12. The predicted molar refractivity (Wildman–Crippen MR) is 99.8 cm³/mol. The summed E-state index contributed by atoms with van der Waals surface area (Å²) < 4.78 is 0.879. The van der Waals surface area contributed by atoms with E-state index in [1.807, 2.05) is 0 Å². The van der Waals surface area contributed by atoms with Crippen molar-refractivity contribution in [3.05, 3.63) is 71.7 Å². The molecule has 0 amide bonds. The predicted octanol–water partition coefficient (Wildman–Crippen LogP) is 3.96. The number of nitro groups is 1. The van der Waals surface area contributed by atoms with Crippen molar-refractivity contribution in [2.75, 3.05) is 0 Å². The van der Waals surface area contributed by atoms with Gasteiger partial charge in [0, 0.05) is 8.59 Å². The lowest BCUT2D eigenvalue weighted by molar-refractivity contribution is -0.391. The molecule has 0 spiro atoms. The van der Waals surface area contributed by atoms with Crippen molar-refractivity contribution in [2.45, 2.75) is 0 Å². The maximum absolute atomic E-state index is 11.3. The molecule has 0 fully saturated rings.